The van der Waals surface area contributed by atoms with Crippen molar-refractivity contribution in [1.29, 1.82) is 0 Å². The molecule has 1 heterocycles. The first-order valence-electron chi connectivity index (χ1n) is 8.32. The molecule has 0 aromatic heterocycles. The lowest BCUT2D eigenvalue weighted by atomic mass is 9.96. The Bertz CT molecular complexity index is 819. The number of Topliss-reactive ketones (excluding diaryl/α,β-unsaturated/α-hetero) is 1. The first kappa shape index (κ1) is 16.8. The maximum atomic E-state index is 12.6. The van der Waals surface area contributed by atoms with Crippen molar-refractivity contribution in [2.45, 2.75) is 38.5 Å². The fourth-order valence-corrected chi connectivity index (χ4v) is 3.92. The first-order chi connectivity index (χ1) is 11.5. The summed E-state index contributed by atoms with van der Waals surface area (Å²) in [6.07, 6.45) is 2.02. The van der Waals surface area contributed by atoms with E-state index >= 15 is 0 Å². The smallest absolute Gasteiger partial charge is 0.200 e. The molecule has 0 aliphatic carbocycles. The van der Waals surface area contributed by atoms with Crippen LogP contribution in [0.2, 0.25) is 0 Å². The van der Waals surface area contributed by atoms with Gasteiger partial charge in [-0.2, -0.15) is 0 Å². The largest absolute Gasteiger partial charge is 0.494 e. The Hall–Kier alpha value is -2.00. The fourth-order valence-electron chi connectivity index (χ4n) is 2.88. The van der Waals surface area contributed by atoms with Gasteiger partial charge in [-0.05, 0) is 66.8 Å². The quantitative estimate of drug-likeness (QED) is 0.654. The molecule has 0 N–H and O–H groups in total. The molecule has 2 nitrogen and oxygen atoms in total. The van der Waals surface area contributed by atoms with Crippen molar-refractivity contribution < 1.29 is 9.53 Å². The van der Waals surface area contributed by atoms with Gasteiger partial charge in [-0.15, -0.1) is 0 Å². The molecule has 3 rings (SSSR count). The Morgan fingerprint density at radius 1 is 1.21 bits per heavy atom. The van der Waals surface area contributed by atoms with E-state index in [4.69, 9.17) is 4.74 Å². The summed E-state index contributed by atoms with van der Waals surface area (Å²) in [7, 11) is 0. The van der Waals surface area contributed by atoms with Gasteiger partial charge in [0.1, 0.15) is 5.75 Å². The molecule has 0 atom stereocenters. The van der Waals surface area contributed by atoms with Crippen molar-refractivity contribution in [3.63, 3.8) is 0 Å². The normalized spacial score (nSPS) is 15.2. The van der Waals surface area contributed by atoms with Crippen LogP contribution in [0.5, 0.6) is 5.75 Å². The van der Waals surface area contributed by atoms with E-state index in [9.17, 15) is 4.79 Å². The van der Waals surface area contributed by atoms with Gasteiger partial charge in [-0.3, -0.25) is 4.79 Å². The Morgan fingerprint density at radius 3 is 2.62 bits per heavy atom. The number of fused-ring (bicyclic) bond motifs is 1. The predicted octanol–water partition coefficient (Wildman–Crippen LogP) is 5.85. The maximum Gasteiger partial charge on any atom is 0.200 e. The summed E-state index contributed by atoms with van der Waals surface area (Å²) >= 11 is 1.56. The van der Waals surface area contributed by atoms with Crippen LogP contribution in [0, 0.1) is 6.92 Å². The van der Waals surface area contributed by atoms with Gasteiger partial charge in [-0.25, -0.2) is 0 Å². The number of benzene rings is 2. The number of ketones is 1. The molecule has 0 saturated carbocycles. The van der Waals surface area contributed by atoms with Crippen molar-refractivity contribution in [2.24, 2.45) is 0 Å². The molecule has 0 radical (unpaired) electrons. The second-order valence-electron chi connectivity index (χ2n) is 6.27. The lowest BCUT2D eigenvalue weighted by Crippen LogP contribution is -2.01. The van der Waals surface area contributed by atoms with Crippen LogP contribution in [-0.2, 0) is 0 Å². The molecule has 0 unspecified atom stereocenters. The minimum atomic E-state index is 0.120. The molecular weight excluding hydrogens is 316 g/mol. The number of rotatable bonds is 4. The van der Waals surface area contributed by atoms with E-state index in [1.54, 1.807) is 11.8 Å². The van der Waals surface area contributed by atoms with Gasteiger partial charge in [0.25, 0.3) is 0 Å². The number of carbonyl (C=O) groups is 1. The molecule has 1 aliphatic heterocycles. The van der Waals surface area contributed by atoms with E-state index in [1.165, 1.54) is 5.56 Å². The highest BCUT2D eigenvalue weighted by atomic mass is 32.2. The van der Waals surface area contributed by atoms with E-state index in [0.29, 0.717) is 12.5 Å². The highest BCUT2D eigenvalue weighted by Gasteiger charge is 2.25. The molecule has 0 bridgehead atoms. The number of aryl methyl sites for hydroxylation is 1. The molecular formula is C21H22O2S. The lowest BCUT2D eigenvalue weighted by molar-refractivity contribution is 0.104. The van der Waals surface area contributed by atoms with Crippen LogP contribution in [0.1, 0.15) is 53.7 Å². The highest BCUT2D eigenvalue weighted by Crippen LogP contribution is 2.41. The molecule has 0 amide bonds. The molecule has 1 aliphatic rings. The first-order valence-corrected chi connectivity index (χ1v) is 9.13. The Kier molecular flexibility index (Phi) is 4.81. The summed E-state index contributed by atoms with van der Waals surface area (Å²) in [6, 6.07) is 12.0. The zero-order valence-electron chi connectivity index (χ0n) is 14.6. The molecule has 24 heavy (non-hydrogen) atoms. The molecule has 2 aromatic carbocycles. The van der Waals surface area contributed by atoms with Crippen molar-refractivity contribution >= 4 is 23.6 Å². The highest BCUT2D eigenvalue weighted by molar-refractivity contribution is 8.04. The van der Waals surface area contributed by atoms with Gasteiger partial charge in [0.2, 0.25) is 5.78 Å². The van der Waals surface area contributed by atoms with Gasteiger partial charge in [-0.1, -0.05) is 37.7 Å². The third-order valence-corrected chi connectivity index (χ3v) is 5.28. The minimum Gasteiger partial charge on any atom is -0.494 e. The van der Waals surface area contributed by atoms with Gasteiger partial charge in [0.15, 0.2) is 0 Å². The van der Waals surface area contributed by atoms with Crippen LogP contribution in [0.3, 0.4) is 0 Å². The van der Waals surface area contributed by atoms with Crippen molar-refractivity contribution in [1.82, 2.24) is 0 Å². The fraction of sp³-hybridized carbons (Fsp3) is 0.286. The SMILES string of the molecule is CCOc1cc(C)c(/C=C2\Sc3ccccc3C2=O)cc1C(C)C. The van der Waals surface area contributed by atoms with Crippen LogP contribution in [0.4, 0.5) is 0 Å². The third-order valence-electron chi connectivity index (χ3n) is 4.18. The molecule has 2 aromatic rings. The van der Waals surface area contributed by atoms with Gasteiger partial charge < -0.3 is 4.74 Å². The van der Waals surface area contributed by atoms with Crippen molar-refractivity contribution in [3.8, 4) is 5.75 Å². The second-order valence-corrected chi connectivity index (χ2v) is 7.35. The summed E-state index contributed by atoms with van der Waals surface area (Å²) in [4.78, 5) is 14.4. The van der Waals surface area contributed by atoms with E-state index in [2.05, 4.69) is 32.9 Å². The Labute approximate surface area is 147 Å². The summed E-state index contributed by atoms with van der Waals surface area (Å²) in [5, 5.41) is 0. The summed E-state index contributed by atoms with van der Waals surface area (Å²) < 4.78 is 5.78. The van der Waals surface area contributed by atoms with Crippen LogP contribution in [-0.4, -0.2) is 12.4 Å². The van der Waals surface area contributed by atoms with E-state index in [-0.39, 0.29) is 5.78 Å². The average Bonchev–Trinajstić information content (AvgIpc) is 2.86. The molecule has 0 spiro atoms. The standard InChI is InChI=1S/C21H22O2S/c1-5-23-18-10-14(4)15(11-17(18)13(2)3)12-20-21(22)16-8-6-7-9-19(16)24-20/h6-13H,5H2,1-4H3/b20-12-. The Balaban J connectivity index is 2.02. The van der Waals surface area contributed by atoms with E-state index in [1.807, 2.05) is 37.3 Å². The van der Waals surface area contributed by atoms with Gasteiger partial charge in [0, 0.05) is 10.5 Å². The zero-order chi connectivity index (χ0) is 17.3. The number of hydrogen-bond donors (Lipinski definition) is 0. The van der Waals surface area contributed by atoms with Gasteiger partial charge in [0.05, 0.1) is 11.5 Å². The summed E-state index contributed by atoms with van der Waals surface area (Å²) in [5.41, 5.74) is 4.20. The third kappa shape index (κ3) is 3.13. The van der Waals surface area contributed by atoms with Crippen molar-refractivity contribution in [3.05, 3.63) is 63.6 Å². The maximum absolute atomic E-state index is 12.6. The monoisotopic (exact) mass is 338 g/mol. The lowest BCUT2D eigenvalue weighted by Gasteiger charge is -2.16. The number of allylic oxidation sites excluding steroid dienone is 1. The molecule has 0 saturated heterocycles. The van der Waals surface area contributed by atoms with Crippen LogP contribution < -0.4 is 4.74 Å². The average molecular weight is 338 g/mol. The Morgan fingerprint density at radius 2 is 1.96 bits per heavy atom. The van der Waals surface area contributed by atoms with Crippen LogP contribution in [0.15, 0.2) is 46.2 Å². The zero-order valence-corrected chi connectivity index (χ0v) is 15.4. The second kappa shape index (κ2) is 6.86. The van der Waals surface area contributed by atoms with E-state index < -0.39 is 0 Å². The number of carbonyl (C=O) groups excluding carboxylic acids is 1. The summed E-state index contributed by atoms with van der Waals surface area (Å²) in [5.74, 6) is 1.43. The molecule has 0 fully saturated rings. The van der Waals surface area contributed by atoms with Gasteiger partial charge >= 0.3 is 0 Å². The molecule has 124 valence electrons. The molecule has 3 heteroatoms. The van der Waals surface area contributed by atoms with Crippen LogP contribution >= 0.6 is 11.8 Å². The number of hydrogen-bond acceptors (Lipinski definition) is 3. The van der Waals surface area contributed by atoms with Crippen LogP contribution in [0.25, 0.3) is 6.08 Å². The number of ether oxygens (including phenoxy) is 1. The minimum absolute atomic E-state index is 0.120. The van der Waals surface area contributed by atoms with Crippen molar-refractivity contribution in [2.75, 3.05) is 6.61 Å². The topological polar surface area (TPSA) is 26.3 Å². The predicted molar refractivity (Wildman–Crippen MR) is 101 cm³/mol. The number of thioether (sulfide) groups is 1. The van der Waals surface area contributed by atoms with E-state index in [0.717, 1.165) is 32.2 Å². The summed E-state index contributed by atoms with van der Waals surface area (Å²) in [6.45, 7) is 9.05.